The van der Waals surface area contributed by atoms with Gasteiger partial charge < -0.3 is 15.5 Å². The fraction of sp³-hybridized carbons (Fsp3) is 0.250. The van der Waals surface area contributed by atoms with Gasteiger partial charge in [0.1, 0.15) is 0 Å². The number of benzene rings is 2. The lowest BCUT2D eigenvalue weighted by molar-refractivity contribution is -0.385. The first-order chi connectivity index (χ1) is 13.7. The zero-order valence-corrected chi connectivity index (χ0v) is 16.0. The molecular formula is C20H20N4O5. The molecule has 0 aliphatic carbocycles. The van der Waals surface area contributed by atoms with E-state index in [1.54, 1.807) is 43.3 Å². The van der Waals surface area contributed by atoms with Crippen LogP contribution >= 0.6 is 0 Å². The van der Waals surface area contributed by atoms with Crippen LogP contribution in [-0.4, -0.2) is 29.2 Å². The summed E-state index contributed by atoms with van der Waals surface area (Å²) in [5.74, 6) is -1.33. The van der Waals surface area contributed by atoms with Crippen molar-refractivity contribution in [3.8, 4) is 0 Å². The Hall–Kier alpha value is -3.75. The Morgan fingerprint density at radius 3 is 2.31 bits per heavy atom. The molecule has 0 radical (unpaired) electrons. The van der Waals surface area contributed by atoms with Gasteiger partial charge in [0.05, 0.1) is 16.5 Å². The molecule has 1 aliphatic rings. The third-order valence-electron chi connectivity index (χ3n) is 4.67. The van der Waals surface area contributed by atoms with Crippen LogP contribution in [0.25, 0.3) is 0 Å². The zero-order valence-electron chi connectivity index (χ0n) is 16.0. The molecule has 2 aromatic rings. The summed E-state index contributed by atoms with van der Waals surface area (Å²) >= 11 is 0. The van der Waals surface area contributed by atoms with Crippen LogP contribution in [0.15, 0.2) is 42.5 Å². The summed E-state index contributed by atoms with van der Waals surface area (Å²) in [6.45, 7) is 3.18. The SMILES string of the molecule is CC(=O)Nc1ccc(NC(=O)[C@@H]2CC(=O)N(c3ccc(C)c([N+](=O)[O-])c3)C2)cc1. The third-order valence-corrected chi connectivity index (χ3v) is 4.67. The molecule has 0 spiro atoms. The second-order valence-electron chi connectivity index (χ2n) is 6.88. The molecule has 0 aromatic heterocycles. The molecule has 1 saturated heterocycles. The van der Waals surface area contributed by atoms with Gasteiger partial charge in [-0.1, -0.05) is 6.07 Å². The fourth-order valence-electron chi connectivity index (χ4n) is 3.18. The van der Waals surface area contributed by atoms with Crippen molar-refractivity contribution in [1.82, 2.24) is 0 Å². The average Bonchev–Trinajstić information content (AvgIpc) is 3.05. The van der Waals surface area contributed by atoms with E-state index in [2.05, 4.69) is 10.6 Å². The summed E-state index contributed by atoms with van der Waals surface area (Å²) in [5, 5.41) is 16.5. The van der Waals surface area contributed by atoms with E-state index in [4.69, 9.17) is 0 Å². The maximum atomic E-state index is 12.6. The summed E-state index contributed by atoms with van der Waals surface area (Å²) in [6, 6.07) is 11.2. The number of hydrogen-bond acceptors (Lipinski definition) is 5. The number of hydrogen-bond donors (Lipinski definition) is 2. The smallest absolute Gasteiger partial charge is 0.274 e. The summed E-state index contributed by atoms with van der Waals surface area (Å²) in [4.78, 5) is 48.1. The van der Waals surface area contributed by atoms with Gasteiger partial charge in [0.25, 0.3) is 5.69 Å². The molecule has 2 aromatic carbocycles. The second-order valence-corrected chi connectivity index (χ2v) is 6.88. The van der Waals surface area contributed by atoms with E-state index in [1.165, 1.54) is 17.9 Å². The highest BCUT2D eigenvalue weighted by molar-refractivity contribution is 6.03. The van der Waals surface area contributed by atoms with Gasteiger partial charge in [-0.3, -0.25) is 24.5 Å². The van der Waals surface area contributed by atoms with Gasteiger partial charge in [0.15, 0.2) is 0 Å². The minimum atomic E-state index is -0.571. The van der Waals surface area contributed by atoms with E-state index < -0.39 is 10.8 Å². The number of rotatable bonds is 5. The van der Waals surface area contributed by atoms with Crippen molar-refractivity contribution in [3.05, 3.63) is 58.1 Å². The lowest BCUT2D eigenvalue weighted by atomic mass is 10.1. The molecule has 0 saturated carbocycles. The van der Waals surface area contributed by atoms with E-state index >= 15 is 0 Å². The van der Waals surface area contributed by atoms with Gasteiger partial charge in [-0.2, -0.15) is 0 Å². The number of nitrogens with zero attached hydrogens (tertiary/aromatic N) is 2. The van der Waals surface area contributed by atoms with Gasteiger partial charge >= 0.3 is 0 Å². The molecule has 0 bridgehead atoms. The number of aryl methyl sites for hydroxylation is 1. The van der Waals surface area contributed by atoms with E-state index in [-0.39, 0.29) is 36.4 Å². The molecule has 1 heterocycles. The molecule has 150 valence electrons. The molecule has 1 atom stereocenters. The Morgan fingerprint density at radius 1 is 1.10 bits per heavy atom. The molecule has 2 N–H and O–H groups in total. The highest BCUT2D eigenvalue weighted by Crippen LogP contribution is 2.30. The van der Waals surface area contributed by atoms with Crippen LogP contribution in [-0.2, 0) is 14.4 Å². The standard InChI is InChI=1S/C20H20N4O5/c1-12-3-8-17(10-18(12)24(28)29)23-11-14(9-19(23)26)20(27)22-16-6-4-15(5-7-16)21-13(2)25/h3-8,10,14H,9,11H2,1-2H3,(H,21,25)(H,22,27)/t14-/m1/s1. The molecule has 29 heavy (non-hydrogen) atoms. The average molecular weight is 396 g/mol. The van der Waals surface area contributed by atoms with Gasteiger partial charge in [0, 0.05) is 42.9 Å². The van der Waals surface area contributed by atoms with Crippen molar-refractivity contribution in [2.24, 2.45) is 5.92 Å². The van der Waals surface area contributed by atoms with Crippen LogP contribution in [0, 0.1) is 23.0 Å². The normalized spacial score (nSPS) is 15.9. The third kappa shape index (κ3) is 4.57. The van der Waals surface area contributed by atoms with E-state index in [0.29, 0.717) is 22.6 Å². The monoisotopic (exact) mass is 396 g/mol. The Labute approximate surface area is 166 Å². The first-order valence-electron chi connectivity index (χ1n) is 8.98. The fourth-order valence-corrected chi connectivity index (χ4v) is 3.18. The van der Waals surface area contributed by atoms with Gasteiger partial charge in [-0.05, 0) is 37.3 Å². The number of carbonyl (C=O) groups is 3. The van der Waals surface area contributed by atoms with Gasteiger partial charge in [-0.15, -0.1) is 0 Å². The first kappa shape index (κ1) is 20.0. The number of nitro benzene ring substituents is 1. The minimum absolute atomic E-state index is 0.0253. The van der Waals surface area contributed by atoms with E-state index in [1.807, 2.05) is 0 Å². The Kier molecular flexibility index (Phi) is 5.58. The highest BCUT2D eigenvalue weighted by atomic mass is 16.6. The van der Waals surface area contributed by atoms with Gasteiger partial charge in [0.2, 0.25) is 17.7 Å². The van der Waals surface area contributed by atoms with Crippen molar-refractivity contribution in [3.63, 3.8) is 0 Å². The number of anilines is 3. The van der Waals surface area contributed by atoms with Crippen LogP contribution in [0.1, 0.15) is 18.9 Å². The van der Waals surface area contributed by atoms with E-state index in [0.717, 1.165) is 0 Å². The molecule has 0 unspecified atom stereocenters. The van der Waals surface area contributed by atoms with Crippen molar-refractivity contribution in [2.75, 3.05) is 22.1 Å². The minimum Gasteiger partial charge on any atom is -0.326 e. The molecule has 9 heteroatoms. The molecular weight excluding hydrogens is 376 g/mol. The van der Waals surface area contributed by atoms with Crippen molar-refractivity contribution >= 4 is 40.5 Å². The molecule has 9 nitrogen and oxygen atoms in total. The number of carbonyl (C=O) groups excluding carboxylic acids is 3. The zero-order chi connectivity index (χ0) is 21.1. The maximum absolute atomic E-state index is 12.6. The summed E-state index contributed by atoms with van der Waals surface area (Å²) in [7, 11) is 0. The Morgan fingerprint density at radius 2 is 1.72 bits per heavy atom. The molecule has 3 amide bonds. The van der Waals surface area contributed by atoms with Crippen LogP contribution in [0.2, 0.25) is 0 Å². The number of nitro groups is 1. The largest absolute Gasteiger partial charge is 0.326 e. The maximum Gasteiger partial charge on any atom is 0.274 e. The lowest BCUT2D eigenvalue weighted by Crippen LogP contribution is -2.28. The molecule has 1 fully saturated rings. The molecule has 3 rings (SSSR count). The van der Waals surface area contributed by atoms with E-state index in [9.17, 15) is 24.5 Å². The molecule has 1 aliphatic heterocycles. The predicted octanol–water partition coefficient (Wildman–Crippen LogP) is 2.85. The number of amides is 3. The van der Waals surface area contributed by atoms with Gasteiger partial charge in [-0.25, -0.2) is 0 Å². The topological polar surface area (TPSA) is 122 Å². The van der Waals surface area contributed by atoms with Crippen molar-refractivity contribution in [2.45, 2.75) is 20.3 Å². The van der Waals surface area contributed by atoms with Crippen molar-refractivity contribution < 1.29 is 19.3 Å². The van der Waals surface area contributed by atoms with Crippen LogP contribution < -0.4 is 15.5 Å². The second kappa shape index (κ2) is 8.09. The summed E-state index contributed by atoms with van der Waals surface area (Å²) in [6.07, 6.45) is 0.0253. The van der Waals surface area contributed by atoms with Crippen LogP contribution in [0.5, 0.6) is 0 Å². The number of nitrogens with one attached hydrogen (secondary N) is 2. The van der Waals surface area contributed by atoms with Crippen LogP contribution in [0.4, 0.5) is 22.7 Å². The predicted molar refractivity (Wildman–Crippen MR) is 108 cm³/mol. The summed E-state index contributed by atoms with van der Waals surface area (Å²) < 4.78 is 0. The highest BCUT2D eigenvalue weighted by Gasteiger charge is 2.35. The first-order valence-corrected chi connectivity index (χ1v) is 8.98. The quantitative estimate of drug-likeness (QED) is 0.594. The lowest BCUT2D eigenvalue weighted by Gasteiger charge is -2.17. The Bertz CT molecular complexity index is 987. The van der Waals surface area contributed by atoms with Crippen LogP contribution in [0.3, 0.4) is 0 Å². The van der Waals surface area contributed by atoms with Crippen molar-refractivity contribution in [1.29, 1.82) is 0 Å². The summed E-state index contributed by atoms with van der Waals surface area (Å²) in [5.41, 5.74) is 1.99. The Balaban J connectivity index is 1.68.